The topological polar surface area (TPSA) is 75.6 Å². The van der Waals surface area contributed by atoms with Crippen molar-refractivity contribution >= 4 is 23.6 Å². The van der Waals surface area contributed by atoms with Crippen molar-refractivity contribution in [3.05, 3.63) is 29.8 Å². The average Bonchev–Trinajstić information content (AvgIpc) is 2.95. The van der Waals surface area contributed by atoms with Crippen molar-refractivity contribution in [1.82, 2.24) is 5.32 Å². The monoisotopic (exact) mass is 309 g/mol. The van der Waals surface area contributed by atoms with Crippen LogP contribution in [0.1, 0.15) is 18.9 Å². The molecule has 114 valence electrons. The number of benzene rings is 1. The van der Waals surface area contributed by atoms with Gasteiger partial charge in [0.25, 0.3) is 5.91 Å². The molecule has 1 atom stereocenters. The van der Waals surface area contributed by atoms with E-state index >= 15 is 0 Å². The fourth-order valence-electron chi connectivity index (χ4n) is 2.27. The van der Waals surface area contributed by atoms with Gasteiger partial charge in [-0.2, -0.15) is 11.8 Å². The summed E-state index contributed by atoms with van der Waals surface area (Å²) in [5.74, 6) is 0.437. The van der Waals surface area contributed by atoms with Crippen molar-refractivity contribution in [2.45, 2.75) is 25.3 Å². The van der Waals surface area contributed by atoms with Gasteiger partial charge in [0.15, 0.2) is 6.61 Å². The molecular weight excluding hydrogens is 290 g/mol. The third-order valence-corrected chi connectivity index (χ3v) is 4.71. The molecule has 1 aromatic rings. The van der Waals surface area contributed by atoms with Gasteiger partial charge in [-0.1, -0.05) is 25.1 Å². The number of carbonyl (C=O) groups is 2. The summed E-state index contributed by atoms with van der Waals surface area (Å²) in [7, 11) is 0. The van der Waals surface area contributed by atoms with Crippen molar-refractivity contribution in [2.75, 3.05) is 18.1 Å². The molecule has 1 aromatic carbocycles. The Balaban J connectivity index is 1.94. The highest BCUT2D eigenvalue weighted by Gasteiger charge is 2.43. The molecule has 5 nitrogen and oxygen atoms in total. The molecule has 1 heterocycles. The maximum atomic E-state index is 12.0. The van der Waals surface area contributed by atoms with Gasteiger partial charge >= 0.3 is 5.97 Å². The number of hydrogen-bond acceptors (Lipinski definition) is 4. The Labute approximate surface area is 128 Å². The highest BCUT2D eigenvalue weighted by Crippen LogP contribution is 2.28. The Morgan fingerprint density at radius 3 is 2.81 bits per heavy atom. The van der Waals surface area contributed by atoms with Gasteiger partial charge in [-0.15, -0.1) is 0 Å². The maximum Gasteiger partial charge on any atom is 0.330 e. The van der Waals surface area contributed by atoms with E-state index < -0.39 is 17.4 Å². The number of carbonyl (C=O) groups excluding carboxylic acids is 1. The van der Waals surface area contributed by atoms with Crippen LogP contribution in [0.15, 0.2) is 24.3 Å². The van der Waals surface area contributed by atoms with Crippen LogP contribution in [0.4, 0.5) is 0 Å². The van der Waals surface area contributed by atoms with Crippen molar-refractivity contribution in [2.24, 2.45) is 0 Å². The van der Waals surface area contributed by atoms with Crippen LogP contribution >= 0.6 is 11.8 Å². The lowest BCUT2D eigenvalue weighted by Gasteiger charge is -2.24. The smallest absolute Gasteiger partial charge is 0.330 e. The average molecular weight is 309 g/mol. The van der Waals surface area contributed by atoms with E-state index in [4.69, 9.17) is 4.74 Å². The van der Waals surface area contributed by atoms with E-state index in [0.29, 0.717) is 17.9 Å². The molecule has 2 rings (SSSR count). The molecule has 6 heteroatoms. The summed E-state index contributed by atoms with van der Waals surface area (Å²) in [6, 6.07) is 7.52. The number of carboxylic acid groups (broad SMARTS) is 1. The van der Waals surface area contributed by atoms with Gasteiger partial charge in [-0.3, -0.25) is 4.79 Å². The van der Waals surface area contributed by atoms with Gasteiger partial charge in [0.05, 0.1) is 0 Å². The third kappa shape index (κ3) is 3.69. The number of hydrogen-bond donors (Lipinski definition) is 2. The first-order valence-corrected chi connectivity index (χ1v) is 8.06. The number of amides is 1. The minimum Gasteiger partial charge on any atom is -0.483 e. The van der Waals surface area contributed by atoms with Crippen molar-refractivity contribution in [3.63, 3.8) is 0 Å². The molecule has 0 spiro atoms. The summed E-state index contributed by atoms with van der Waals surface area (Å²) < 4.78 is 5.51. The van der Waals surface area contributed by atoms with Crippen LogP contribution in [0.2, 0.25) is 0 Å². The largest absolute Gasteiger partial charge is 0.483 e. The SMILES string of the molecule is CCc1ccccc1OCC(=O)NC1(C(=O)O)CCSC1. The number of para-hydroxylation sites is 1. The lowest BCUT2D eigenvalue weighted by molar-refractivity contribution is -0.146. The highest BCUT2D eigenvalue weighted by molar-refractivity contribution is 7.99. The van der Waals surface area contributed by atoms with E-state index in [1.54, 1.807) is 0 Å². The van der Waals surface area contributed by atoms with E-state index in [1.807, 2.05) is 31.2 Å². The molecule has 1 aliphatic rings. The van der Waals surface area contributed by atoms with E-state index in [2.05, 4.69) is 5.32 Å². The Bertz CT molecular complexity index is 526. The molecule has 1 unspecified atom stereocenters. The second kappa shape index (κ2) is 6.85. The van der Waals surface area contributed by atoms with E-state index in [1.165, 1.54) is 11.8 Å². The number of rotatable bonds is 6. The van der Waals surface area contributed by atoms with Gasteiger partial charge in [0.1, 0.15) is 11.3 Å². The molecule has 1 saturated heterocycles. The number of thioether (sulfide) groups is 1. The minimum absolute atomic E-state index is 0.170. The van der Waals surface area contributed by atoms with Gasteiger partial charge in [0.2, 0.25) is 0 Å². The maximum absolute atomic E-state index is 12.0. The van der Waals surface area contributed by atoms with E-state index in [-0.39, 0.29) is 6.61 Å². The van der Waals surface area contributed by atoms with Crippen LogP contribution < -0.4 is 10.1 Å². The summed E-state index contributed by atoms with van der Waals surface area (Å²) in [5.41, 5.74) is -0.121. The van der Waals surface area contributed by atoms with Gasteiger partial charge in [-0.05, 0) is 30.2 Å². The van der Waals surface area contributed by atoms with Gasteiger partial charge in [-0.25, -0.2) is 4.79 Å². The fourth-order valence-corrected chi connectivity index (χ4v) is 3.59. The lowest BCUT2D eigenvalue weighted by atomic mass is 9.99. The van der Waals surface area contributed by atoms with E-state index in [9.17, 15) is 14.7 Å². The zero-order valence-electron chi connectivity index (χ0n) is 11.9. The van der Waals surface area contributed by atoms with Crippen molar-refractivity contribution in [1.29, 1.82) is 0 Å². The van der Waals surface area contributed by atoms with Crippen LogP contribution in [0.25, 0.3) is 0 Å². The zero-order chi connectivity index (χ0) is 15.3. The number of aliphatic carboxylic acids is 1. The molecule has 0 aliphatic carbocycles. The van der Waals surface area contributed by atoms with Crippen LogP contribution in [0.5, 0.6) is 5.75 Å². The minimum atomic E-state index is -1.14. The van der Waals surface area contributed by atoms with Crippen molar-refractivity contribution < 1.29 is 19.4 Å². The first-order chi connectivity index (χ1) is 10.1. The third-order valence-electron chi connectivity index (χ3n) is 3.52. The molecule has 1 aliphatic heterocycles. The Kier molecular flexibility index (Phi) is 5.12. The summed E-state index contributed by atoms with van der Waals surface area (Å²) in [6.45, 7) is 1.84. The van der Waals surface area contributed by atoms with E-state index in [0.717, 1.165) is 17.7 Å². The van der Waals surface area contributed by atoms with Gasteiger partial charge in [0, 0.05) is 5.75 Å². The molecule has 0 radical (unpaired) electrons. The molecule has 0 aromatic heterocycles. The molecule has 1 amide bonds. The Morgan fingerprint density at radius 1 is 1.43 bits per heavy atom. The number of carboxylic acids is 1. The van der Waals surface area contributed by atoms with Crippen LogP contribution in [-0.2, 0) is 16.0 Å². The fraction of sp³-hybridized carbons (Fsp3) is 0.467. The normalized spacial score (nSPS) is 21.0. The number of ether oxygens (including phenoxy) is 1. The van der Waals surface area contributed by atoms with Crippen LogP contribution in [-0.4, -0.2) is 40.6 Å². The molecular formula is C15H19NO4S. The lowest BCUT2D eigenvalue weighted by Crippen LogP contribution is -2.55. The Hall–Kier alpha value is -1.69. The van der Waals surface area contributed by atoms with Crippen LogP contribution in [0, 0.1) is 0 Å². The number of nitrogens with one attached hydrogen (secondary N) is 1. The zero-order valence-corrected chi connectivity index (χ0v) is 12.7. The predicted octanol–water partition coefficient (Wildman–Crippen LogP) is 1.70. The molecule has 0 bridgehead atoms. The summed E-state index contributed by atoms with van der Waals surface area (Å²) in [5, 5.41) is 11.9. The summed E-state index contributed by atoms with van der Waals surface area (Å²) in [4.78, 5) is 23.3. The summed E-state index contributed by atoms with van der Waals surface area (Å²) >= 11 is 1.54. The van der Waals surface area contributed by atoms with Crippen LogP contribution in [0.3, 0.4) is 0 Å². The molecule has 0 saturated carbocycles. The predicted molar refractivity (Wildman–Crippen MR) is 81.8 cm³/mol. The Morgan fingerprint density at radius 2 is 2.19 bits per heavy atom. The quantitative estimate of drug-likeness (QED) is 0.836. The first-order valence-electron chi connectivity index (χ1n) is 6.90. The standard InChI is InChI=1S/C15H19NO4S/c1-2-11-5-3-4-6-12(11)20-9-13(17)16-15(14(18)19)7-8-21-10-15/h3-6H,2,7-10H2,1H3,(H,16,17)(H,18,19). The molecule has 2 N–H and O–H groups in total. The first kappa shape index (κ1) is 15.7. The van der Waals surface area contributed by atoms with Gasteiger partial charge < -0.3 is 15.2 Å². The molecule has 1 fully saturated rings. The second-order valence-electron chi connectivity index (χ2n) is 4.99. The molecule has 21 heavy (non-hydrogen) atoms. The van der Waals surface area contributed by atoms with Crippen molar-refractivity contribution in [3.8, 4) is 5.75 Å². The second-order valence-corrected chi connectivity index (χ2v) is 6.09. The summed E-state index contributed by atoms with van der Waals surface area (Å²) in [6.07, 6.45) is 1.26. The highest BCUT2D eigenvalue weighted by atomic mass is 32.2. The number of aryl methyl sites for hydroxylation is 1.